The number of carbonyl (C=O) groups is 2. The van der Waals surface area contributed by atoms with E-state index in [2.05, 4.69) is 10.3 Å². The van der Waals surface area contributed by atoms with Gasteiger partial charge in [0.2, 0.25) is 15.9 Å². The predicted molar refractivity (Wildman–Crippen MR) is 119 cm³/mol. The number of sulfonamides is 1. The molecule has 2 aromatic rings. The highest BCUT2D eigenvalue weighted by Crippen LogP contribution is 2.27. The molecule has 1 aliphatic rings. The number of carboxylic acids is 1. The van der Waals surface area contributed by atoms with E-state index in [1.54, 1.807) is 16.4 Å². The zero-order chi connectivity index (χ0) is 22.4. The van der Waals surface area contributed by atoms with Gasteiger partial charge < -0.3 is 10.4 Å². The molecule has 1 fully saturated rings. The number of nitrogens with one attached hydrogen (secondary N) is 1. The number of rotatable bonds is 8. The fraction of sp³-hybridized carbons (Fsp3) is 0.381. The molecule has 1 saturated heterocycles. The van der Waals surface area contributed by atoms with Crippen LogP contribution in [0.15, 0.2) is 52.5 Å². The molecule has 1 atom stereocenters. The zero-order valence-corrected chi connectivity index (χ0v) is 18.8. The minimum atomic E-state index is -3.58. The molecular weight excluding hydrogens is 438 g/mol. The minimum absolute atomic E-state index is 0.0245. The largest absolute Gasteiger partial charge is 0.478 e. The van der Waals surface area contributed by atoms with Crippen molar-refractivity contribution in [3.63, 3.8) is 0 Å². The van der Waals surface area contributed by atoms with Gasteiger partial charge in [-0.25, -0.2) is 18.2 Å². The molecule has 8 nitrogen and oxygen atoms in total. The van der Waals surface area contributed by atoms with Gasteiger partial charge in [0.1, 0.15) is 5.03 Å². The van der Waals surface area contributed by atoms with Crippen LogP contribution in [0.1, 0.15) is 43.0 Å². The Morgan fingerprint density at radius 2 is 1.97 bits per heavy atom. The molecule has 2 N–H and O–H groups in total. The second-order valence-electron chi connectivity index (χ2n) is 7.20. The average molecular weight is 464 g/mol. The number of aromatic carboxylic acids is 1. The molecule has 0 unspecified atom stereocenters. The van der Waals surface area contributed by atoms with Crippen LogP contribution in [-0.2, 0) is 14.8 Å². The Hall–Kier alpha value is -2.43. The molecule has 0 saturated carbocycles. The van der Waals surface area contributed by atoms with Crippen molar-refractivity contribution in [3.05, 3.63) is 48.2 Å². The van der Waals surface area contributed by atoms with Gasteiger partial charge in [0.15, 0.2) is 0 Å². The smallest absolute Gasteiger partial charge is 0.338 e. The van der Waals surface area contributed by atoms with Crippen LogP contribution >= 0.6 is 11.8 Å². The first-order valence-electron chi connectivity index (χ1n) is 10.1. The molecule has 0 aliphatic carbocycles. The molecule has 1 aromatic carbocycles. The Balaban J connectivity index is 1.63. The van der Waals surface area contributed by atoms with Crippen LogP contribution in [0, 0.1) is 0 Å². The number of carboxylic acid groups (broad SMARTS) is 1. The topological polar surface area (TPSA) is 117 Å². The van der Waals surface area contributed by atoms with Crippen LogP contribution in [-0.4, -0.2) is 53.0 Å². The van der Waals surface area contributed by atoms with Crippen molar-refractivity contribution in [2.24, 2.45) is 0 Å². The van der Waals surface area contributed by atoms with Crippen molar-refractivity contribution in [1.82, 2.24) is 9.29 Å². The summed E-state index contributed by atoms with van der Waals surface area (Å²) in [6.45, 7) is 2.53. The Bertz CT molecular complexity index is 1040. The summed E-state index contributed by atoms with van der Waals surface area (Å²) in [7, 11) is -3.58. The Labute approximate surface area is 186 Å². The van der Waals surface area contributed by atoms with Crippen LogP contribution in [0.5, 0.6) is 0 Å². The standard InChI is InChI=1S/C21H25N3O5S2/c1-2-16-6-3-4-13-24(16)31(28,29)17-10-8-15(9-11-17)23-19(25)14-30-20-18(21(26)27)7-5-12-22-20/h5,7-12,16H,2-4,6,13-14H2,1H3,(H,23,25)(H,26,27)/t16-/m1/s1. The highest BCUT2D eigenvalue weighted by molar-refractivity contribution is 8.00. The molecule has 166 valence electrons. The van der Waals surface area contributed by atoms with Crippen LogP contribution in [0.3, 0.4) is 0 Å². The highest BCUT2D eigenvalue weighted by Gasteiger charge is 2.32. The normalized spacial score (nSPS) is 17.3. The number of hydrogen-bond acceptors (Lipinski definition) is 6. The second kappa shape index (κ2) is 10.3. The number of anilines is 1. The maximum absolute atomic E-state index is 13.0. The van der Waals surface area contributed by atoms with E-state index < -0.39 is 16.0 Å². The highest BCUT2D eigenvalue weighted by atomic mass is 32.2. The van der Waals surface area contributed by atoms with Crippen molar-refractivity contribution < 1.29 is 23.1 Å². The number of benzene rings is 1. The number of amides is 1. The summed E-state index contributed by atoms with van der Waals surface area (Å²) in [4.78, 5) is 27.7. The zero-order valence-electron chi connectivity index (χ0n) is 17.2. The number of thioether (sulfide) groups is 1. The number of nitrogens with zero attached hydrogens (tertiary/aromatic N) is 2. The van der Waals surface area contributed by atoms with Gasteiger partial charge in [0.05, 0.1) is 16.2 Å². The SMILES string of the molecule is CC[C@@H]1CCCCN1S(=O)(=O)c1ccc(NC(=O)CSc2ncccc2C(=O)O)cc1. The van der Waals surface area contributed by atoms with E-state index in [4.69, 9.17) is 0 Å². The number of aromatic nitrogens is 1. The fourth-order valence-electron chi connectivity index (χ4n) is 3.54. The molecule has 1 aliphatic heterocycles. The molecule has 2 heterocycles. The number of piperidine rings is 1. The van der Waals surface area contributed by atoms with E-state index >= 15 is 0 Å². The molecule has 0 bridgehead atoms. The summed E-state index contributed by atoms with van der Waals surface area (Å²) in [6, 6.07) is 9.10. The third kappa shape index (κ3) is 5.63. The van der Waals surface area contributed by atoms with Crippen molar-refractivity contribution in [3.8, 4) is 0 Å². The lowest BCUT2D eigenvalue weighted by Gasteiger charge is -2.34. The summed E-state index contributed by atoms with van der Waals surface area (Å²) >= 11 is 1.03. The number of carbonyl (C=O) groups excluding carboxylic acids is 1. The van der Waals surface area contributed by atoms with E-state index in [0.717, 1.165) is 37.4 Å². The van der Waals surface area contributed by atoms with E-state index in [1.807, 2.05) is 6.92 Å². The van der Waals surface area contributed by atoms with Crippen LogP contribution in [0.2, 0.25) is 0 Å². The molecule has 1 aromatic heterocycles. The molecule has 1 amide bonds. The van der Waals surface area contributed by atoms with Gasteiger partial charge in [-0.1, -0.05) is 25.1 Å². The lowest BCUT2D eigenvalue weighted by Crippen LogP contribution is -2.43. The van der Waals surface area contributed by atoms with Gasteiger partial charge in [-0.15, -0.1) is 0 Å². The first-order valence-corrected chi connectivity index (χ1v) is 12.5. The van der Waals surface area contributed by atoms with Crippen molar-refractivity contribution in [2.75, 3.05) is 17.6 Å². The number of hydrogen-bond donors (Lipinski definition) is 2. The summed E-state index contributed by atoms with van der Waals surface area (Å²) in [6.07, 6.45) is 5.03. The van der Waals surface area contributed by atoms with Crippen molar-refractivity contribution in [2.45, 2.75) is 48.6 Å². The van der Waals surface area contributed by atoms with Gasteiger partial charge in [-0.05, 0) is 55.7 Å². The van der Waals surface area contributed by atoms with Crippen LogP contribution in [0.25, 0.3) is 0 Å². The molecule has 0 radical (unpaired) electrons. The van der Waals surface area contributed by atoms with E-state index in [0.29, 0.717) is 12.2 Å². The maximum Gasteiger partial charge on any atom is 0.338 e. The summed E-state index contributed by atoms with van der Waals surface area (Å²) in [5.41, 5.74) is 0.507. The van der Waals surface area contributed by atoms with Gasteiger partial charge in [0.25, 0.3) is 0 Å². The predicted octanol–water partition coefficient (Wildman–Crippen LogP) is 3.46. The first kappa shape index (κ1) is 23.2. The lowest BCUT2D eigenvalue weighted by molar-refractivity contribution is -0.113. The number of pyridine rings is 1. The quantitative estimate of drug-likeness (QED) is 0.576. The van der Waals surface area contributed by atoms with Gasteiger partial charge in [-0.3, -0.25) is 4.79 Å². The Morgan fingerprint density at radius 3 is 2.65 bits per heavy atom. The third-order valence-corrected chi connectivity index (χ3v) is 8.10. The minimum Gasteiger partial charge on any atom is -0.478 e. The molecule has 10 heteroatoms. The molecule has 3 rings (SSSR count). The van der Waals surface area contributed by atoms with Gasteiger partial charge in [0, 0.05) is 24.5 Å². The fourth-order valence-corrected chi connectivity index (χ4v) is 6.10. The molecule has 0 spiro atoms. The van der Waals surface area contributed by atoms with Gasteiger partial charge in [-0.2, -0.15) is 4.31 Å². The van der Waals surface area contributed by atoms with Crippen LogP contribution < -0.4 is 5.32 Å². The van der Waals surface area contributed by atoms with E-state index in [9.17, 15) is 23.1 Å². The maximum atomic E-state index is 13.0. The van der Waals surface area contributed by atoms with E-state index in [1.165, 1.54) is 30.5 Å². The summed E-state index contributed by atoms with van der Waals surface area (Å²) in [5, 5.41) is 12.1. The third-order valence-electron chi connectivity index (χ3n) is 5.13. The van der Waals surface area contributed by atoms with Crippen molar-refractivity contribution in [1.29, 1.82) is 0 Å². The van der Waals surface area contributed by atoms with Crippen molar-refractivity contribution >= 4 is 39.3 Å². The molecule has 31 heavy (non-hydrogen) atoms. The monoisotopic (exact) mass is 463 g/mol. The lowest BCUT2D eigenvalue weighted by atomic mass is 10.0. The molecular formula is C21H25N3O5S2. The summed E-state index contributed by atoms with van der Waals surface area (Å²) in [5.74, 6) is -1.47. The Kier molecular flexibility index (Phi) is 7.69. The Morgan fingerprint density at radius 1 is 1.23 bits per heavy atom. The van der Waals surface area contributed by atoms with E-state index in [-0.39, 0.29) is 33.2 Å². The first-order chi connectivity index (χ1) is 14.8. The van der Waals surface area contributed by atoms with Gasteiger partial charge >= 0.3 is 5.97 Å². The van der Waals surface area contributed by atoms with Crippen LogP contribution in [0.4, 0.5) is 5.69 Å². The average Bonchev–Trinajstić information content (AvgIpc) is 2.78. The second-order valence-corrected chi connectivity index (χ2v) is 10.1. The summed E-state index contributed by atoms with van der Waals surface area (Å²) < 4.78 is 27.6.